The van der Waals surface area contributed by atoms with Gasteiger partial charge in [0.05, 0.1) is 10.1 Å². The van der Waals surface area contributed by atoms with Gasteiger partial charge in [0.15, 0.2) is 9.84 Å². The lowest BCUT2D eigenvalue weighted by Crippen LogP contribution is -2.34. The summed E-state index contributed by atoms with van der Waals surface area (Å²) in [5.74, 6) is 0. The second-order valence-corrected chi connectivity index (χ2v) is 10.1. The molecule has 1 aliphatic carbocycles. The second kappa shape index (κ2) is 5.96. The van der Waals surface area contributed by atoms with Crippen LogP contribution in [0, 0.1) is 0 Å². The lowest BCUT2D eigenvalue weighted by atomic mass is 9.95. The first-order chi connectivity index (χ1) is 9.66. The van der Waals surface area contributed by atoms with E-state index in [0.717, 1.165) is 24.9 Å². The topological polar surface area (TPSA) is 80.3 Å². The Hall–Kier alpha value is -1.08. The lowest BCUT2D eigenvalue weighted by Gasteiger charge is -2.29. The maximum atomic E-state index is 11.6. The average molecular weight is 331 g/mol. The highest BCUT2D eigenvalue weighted by Gasteiger charge is 2.28. The van der Waals surface area contributed by atoms with Crippen LogP contribution in [0.4, 0.5) is 5.69 Å². The SMILES string of the molecule is CS(=O)(=O)c1ccc(NC2CCCC(S(C)(=O)=O)C2)cc1. The fourth-order valence-electron chi connectivity index (χ4n) is 2.70. The number of anilines is 1. The predicted octanol–water partition coefficient (Wildman–Crippen LogP) is 1.86. The van der Waals surface area contributed by atoms with Gasteiger partial charge in [-0.3, -0.25) is 0 Å². The summed E-state index contributed by atoms with van der Waals surface area (Å²) in [6.07, 6.45) is 5.61. The molecule has 1 aromatic rings. The number of rotatable bonds is 4. The Morgan fingerprint density at radius 1 is 1.00 bits per heavy atom. The fourth-order valence-corrected chi connectivity index (χ4v) is 4.51. The van der Waals surface area contributed by atoms with E-state index in [9.17, 15) is 16.8 Å². The summed E-state index contributed by atoms with van der Waals surface area (Å²) in [5.41, 5.74) is 0.821. The van der Waals surface area contributed by atoms with Crippen molar-refractivity contribution < 1.29 is 16.8 Å². The Morgan fingerprint density at radius 3 is 2.14 bits per heavy atom. The van der Waals surface area contributed by atoms with Gasteiger partial charge in [0, 0.05) is 24.2 Å². The van der Waals surface area contributed by atoms with Crippen LogP contribution in [0.25, 0.3) is 0 Å². The van der Waals surface area contributed by atoms with E-state index in [1.165, 1.54) is 12.5 Å². The highest BCUT2D eigenvalue weighted by atomic mass is 32.2. The molecule has 0 aliphatic heterocycles. The molecule has 0 heterocycles. The molecule has 0 spiro atoms. The van der Waals surface area contributed by atoms with Crippen molar-refractivity contribution in [1.82, 2.24) is 0 Å². The van der Waals surface area contributed by atoms with E-state index in [2.05, 4.69) is 5.32 Å². The van der Waals surface area contributed by atoms with Gasteiger partial charge in [0.2, 0.25) is 0 Å². The van der Waals surface area contributed by atoms with Crippen molar-refractivity contribution in [1.29, 1.82) is 0 Å². The van der Waals surface area contributed by atoms with Gasteiger partial charge < -0.3 is 5.32 Å². The minimum absolute atomic E-state index is 0.113. The maximum Gasteiger partial charge on any atom is 0.175 e. The molecule has 1 aromatic carbocycles. The van der Waals surface area contributed by atoms with Gasteiger partial charge in [-0.15, -0.1) is 0 Å². The highest BCUT2D eigenvalue weighted by molar-refractivity contribution is 7.91. The van der Waals surface area contributed by atoms with E-state index in [1.807, 2.05) is 0 Å². The zero-order valence-electron chi connectivity index (χ0n) is 12.2. The summed E-state index contributed by atoms with van der Waals surface area (Å²) >= 11 is 0. The molecule has 5 nitrogen and oxygen atoms in total. The highest BCUT2D eigenvalue weighted by Crippen LogP contribution is 2.26. The summed E-state index contributed by atoms with van der Waals surface area (Å²) in [4.78, 5) is 0.283. The summed E-state index contributed by atoms with van der Waals surface area (Å²) in [7, 11) is -6.18. The summed E-state index contributed by atoms with van der Waals surface area (Å²) in [6.45, 7) is 0. The molecule has 118 valence electrons. The fraction of sp³-hybridized carbons (Fsp3) is 0.571. The van der Waals surface area contributed by atoms with Gasteiger partial charge in [0.1, 0.15) is 9.84 Å². The normalized spacial score (nSPS) is 23.7. The van der Waals surface area contributed by atoms with Gasteiger partial charge in [-0.05, 0) is 43.5 Å². The Balaban J connectivity index is 2.05. The van der Waals surface area contributed by atoms with Crippen LogP contribution in [0.1, 0.15) is 25.7 Å². The number of benzene rings is 1. The first-order valence-electron chi connectivity index (χ1n) is 6.92. The van der Waals surface area contributed by atoms with Crippen LogP contribution in [0.3, 0.4) is 0 Å². The largest absolute Gasteiger partial charge is 0.382 e. The van der Waals surface area contributed by atoms with Gasteiger partial charge in [0.25, 0.3) is 0 Å². The Morgan fingerprint density at radius 2 is 1.62 bits per heavy atom. The monoisotopic (exact) mass is 331 g/mol. The van der Waals surface area contributed by atoms with Crippen molar-refractivity contribution >= 4 is 25.4 Å². The van der Waals surface area contributed by atoms with Gasteiger partial charge >= 0.3 is 0 Å². The second-order valence-electron chi connectivity index (χ2n) is 5.76. The number of hydrogen-bond donors (Lipinski definition) is 1. The molecule has 0 amide bonds. The molecule has 0 radical (unpaired) electrons. The number of nitrogens with one attached hydrogen (secondary N) is 1. The molecular weight excluding hydrogens is 310 g/mol. The van der Waals surface area contributed by atoms with Crippen molar-refractivity contribution in [3.05, 3.63) is 24.3 Å². The Kier molecular flexibility index (Phi) is 4.63. The van der Waals surface area contributed by atoms with Crippen LogP contribution in [-0.2, 0) is 19.7 Å². The number of sulfone groups is 2. The minimum Gasteiger partial charge on any atom is -0.382 e. The molecule has 1 N–H and O–H groups in total. The van der Waals surface area contributed by atoms with Crippen LogP contribution in [0.5, 0.6) is 0 Å². The molecule has 0 bridgehead atoms. The lowest BCUT2D eigenvalue weighted by molar-refractivity contribution is 0.453. The van der Waals surface area contributed by atoms with Crippen LogP contribution >= 0.6 is 0 Å². The van der Waals surface area contributed by atoms with E-state index in [1.54, 1.807) is 24.3 Å². The molecule has 21 heavy (non-hydrogen) atoms. The van der Waals surface area contributed by atoms with Crippen LogP contribution in [0.15, 0.2) is 29.2 Å². The first-order valence-corrected chi connectivity index (χ1v) is 10.8. The zero-order chi connectivity index (χ0) is 15.7. The molecule has 1 fully saturated rings. The van der Waals surface area contributed by atoms with Gasteiger partial charge in [-0.1, -0.05) is 6.42 Å². The van der Waals surface area contributed by atoms with Crippen LogP contribution in [-0.4, -0.2) is 40.6 Å². The standard InChI is InChI=1S/C14H21NO4S2/c1-20(16,17)13-8-6-11(7-9-13)15-12-4-3-5-14(10-12)21(2,18)19/h6-9,12,14-15H,3-5,10H2,1-2H3. The third kappa shape index (κ3) is 4.44. The minimum atomic E-state index is -3.19. The molecule has 2 unspecified atom stereocenters. The van der Waals surface area contributed by atoms with Gasteiger partial charge in [-0.2, -0.15) is 0 Å². The van der Waals surface area contributed by atoms with Crippen molar-refractivity contribution in [3.63, 3.8) is 0 Å². The van der Waals surface area contributed by atoms with E-state index in [0.29, 0.717) is 6.42 Å². The van der Waals surface area contributed by atoms with E-state index < -0.39 is 19.7 Å². The average Bonchev–Trinajstić information content (AvgIpc) is 2.37. The Labute approximate surface area is 126 Å². The predicted molar refractivity (Wildman–Crippen MR) is 84.1 cm³/mol. The Bertz CT molecular complexity index is 693. The van der Waals surface area contributed by atoms with E-state index in [-0.39, 0.29) is 16.2 Å². The molecule has 0 aromatic heterocycles. The smallest absolute Gasteiger partial charge is 0.175 e. The molecule has 7 heteroatoms. The summed E-state index contributed by atoms with van der Waals surface area (Å²) in [5, 5.41) is 3.02. The molecule has 1 aliphatic rings. The number of hydrogen-bond acceptors (Lipinski definition) is 5. The molecule has 2 atom stereocenters. The quantitative estimate of drug-likeness (QED) is 0.911. The summed E-state index contributed by atoms with van der Waals surface area (Å²) in [6, 6.07) is 6.69. The van der Waals surface area contributed by atoms with Gasteiger partial charge in [-0.25, -0.2) is 16.8 Å². The third-order valence-corrected chi connectivity index (χ3v) is 6.65. The van der Waals surface area contributed by atoms with Crippen LogP contribution < -0.4 is 5.32 Å². The maximum absolute atomic E-state index is 11.6. The molecule has 2 rings (SSSR count). The summed E-state index contributed by atoms with van der Waals surface area (Å²) < 4.78 is 46.1. The molecule has 1 saturated carbocycles. The third-order valence-electron chi connectivity index (χ3n) is 3.88. The van der Waals surface area contributed by atoms with Crippen molar-refractivity contribution in [3.8, 4) is 0 Å². The first kappa shape index (κ1) is 16.3. The molecular formula is C14H21NO4S2. The van der Waals surface area contributed by atoms with E-state index in [4.69, 9.17) is 0 Å². The zero-order valence-corrected chi connectivity index (χ0v) is 13.9. The van der Waals surface area contributed by atoms with E-state index >= 15 is 0 Å². The van der Waals surface area contributed by atoms with Crippen molar-refractivity contribution in [2.75, 3.05) is 17.8 Å². The molecule has 0 saturated heterocycles. The van der Waals surface area contributed by atoms with Crippen LogP contribution in [0.2, 0.25) is 0 Å². The van der Waals surface area contributed by atoms with Crippen molar-refractivity contribution in [2.45, 2.75) is 41.9 Å². The van der Waals surface area contributed by atoms with Crippen molar-refractivity contribution in [2.24, 2.45) is 0 Å².